The fraction of sp³-hybridized carbons (Fsp3) is 0.571. The number of rotatable bonds is 4. The summed E-state index contributed by atoms with van der Waals surface area (Å²) in [4.78, 5) is 2.25. The maximum absolute atomic E-state index is 6.27. The molecular formula is C14H20Cl2N2O. The fourth-order valence-electron chi connectivity index (χ4n) is 2.30. The van der Waals surface area contributed by atoms with Crippen molar-refractivity contribution in [2.24, 2.45) is 0 Å². The minimum Gasteiger partial charge on any atom is -0.374 e. The highest BCUT2D eigenvalue weighted by Gasteiger charge is 2.21. The standard InChI is InChI=1S/C14H20Cl2N2O/c1-10(12-4-3-5-13(15)14(12)16)18(2)9-11-8-17-6-7-19-11/h3-5,10-11,17H,6-9H2,1-2H3. The van der Waals surface area contributed by atoms with Crippen LogP contribution in [0.5, 0.6) is 0 Å². The summed E-state index contributed by atoms with van der Waals surface area (Å²) in [5.41, 5.74) is 1.06. The van der Waals surface area contributed by atoms with Crippen LogP contribution >= 0.6 is 23.2 Å². The van der Waals surface area contributed by atoms with Crippen molar-refractivity contribution in [2.75, 3.05) is 33.3 Å². The molecule has 0 spiro atoms. The highest BCUT2D eigenvalue weighted by molar-refractivity contribution is 6.42. The van der Waals surface area contributed by atoms with E-state index in [1.807, 2.05) is 18.2 Å². The lowest BCUT2D eigenvalue weighted by atomic mass is 10.1. The quantitative estimate of drug-likeness (QED) is 0.925. The lowest BCUT2D eigenvalue weighted by Gasteiger charge is -2.32. The number of hydrogen-bond acceptors (Lipinski definition) is 3. The Bertz CT molecular complexity index is 422. The third-order valence-corrected chi connectivity index (χ3v) is 4.42. The second kappa shape index (κ2) is 6.91. The van der Waals surface area contributed by atoms with Crippen LogP contribution in [0, 0.1) is 0 Å². The number of hydrogen-bond donors (Lipinski definition) is 1. The van der Waals surface area contributed by atoms with Gasteiger partial charge in [-0.3, -0.25) is 4.90 Å². The van der Waals surface area contributed by atoms with E-state index in [2.05, 4.69) is 24.2 Å². The molecule has 0 radical (unpaired) electrons. The lowest BCUT2D eigenvalue weighted by Crippen LogP contribution is -2.44. The van der Waals surface area contributed by atoms with E-state index in [0.717, 1.165) is 31.8 Å². The summed E-state index contributed by atoms with van der Waals surface area (Å²) in [6.45, 7) is 5.63. The van der Waals surface area contributed by atoms with E-state index in [1.54, 1.807) is 0 Å². The van der Waals surface area contributed by atoms with E-state index in [1.165, 1.54) is 0 Å². The average Bonchev–Trinajstić information content (AvgIpc) is 2.42. The highest BCUT2D eigenvalue weighted by atomic mass is 35.5. The van der Waals surface area contributed by atoms with Crippen molar-refractivity contribution in [3.8, 4) is 0 Å². The second-order valence-corrected chi connectivity index (χ2v) is 5.74. The fourth-order valence-corrected chi connectivity index (χ4v) is 2.76. The van der Waals surface area contributed by atoms with E-state index in [0.29, 0.717) is 10.0 Å². The molecule has 19 heavy (non-hydrogen) atoms. The molecular weight excluding hydrogens is 283 g/mol. The molecule has 1 aliphatic rings. The van der Waals surface area contributed by atoms with E-state index < -0.39 is 0 Å². The highest BCUT2D eigenvalue weighted by Crippen LogP contribution is 2.32. The van der Waals surface area contributed by atoms with Gasteiger partial charge >= 0.3 is 0 Å². The molecule has 1 fully saturated rings. The molecule has 1 aromatic rings. The van der Waals surface area contributed by atoms with Crippen molar-refractivity contribution in [2.45, 2.75) is 19.1 Å². The molecule has 3 nitrogen and oxygen atoms in total. The Morgan fingerprint density at radius 1 is 1.47 bits per heavy atom. The van der Waals surface area contributed by atoms with Crippen molar-refractivity contribution in [1.82, 2.24) is 10.2 Å². The van der Waals surface area contributed by atoms with Crippen LogP contribution in [0.3, 0.4) is 0 Å². The summed E-state index contributed by atoms with van der Waals surface area (Å²) < 4.78 is 5.73. The Balaban J connectivity index is 2.01. The number of nitrogens with zero attached hydrogens (tertiary/aromatic N) is 1. The van der Waals surface area contributed by atoms with Gasteiger partial charge < -0.3 is 10.1 Å². The summed E-state index contributed by atoms with van der Waals surface area (Å²) in [6.07, 6.45) is 0.235. The van der Waals surface area contributed by atoms with Gasteiger partial charge in [-0.1, -0.05) is 35.3 Å². The zero-order valence-corrected chi connectivity index (χ0v) is 12.8. The molecule has 1 heterocycles. The molecule has 2 atom stereocenters. The predicted octanol–water partition coefficient (Wildman–Crippen LogP) is 2.97. The zero-order valence-electron chi connectivity index (χ0n) is 11.3. The summed E-state index contributed by atoms with van der Waals surface area (Å²) >= 11 is 12.3. The van der Waals surface area contributed by atoms with Crippen LogP contribution in [0.15, 0.2) is 18.2 Å². The van der Waals surface area contributed by atoms with Crippen molar-refractivity contribution < 1.29 is 4.74 Å². The first kappa shape index (κ1) is 15.1. The molecule has 2 rings (SSSR count). The molecule has 0 aliphatic carbocycles. The molecule has 0 saturated carbocycles. The SMILES string of the molecule is CC(c1cccc(Cl)c1Cl)N(C)CC1CNCCO1. The van der Waals surface area contributed by atoms with Crippen LogP contribution in [0.25, 0.3) is 0 Å². The molecule has 106 valence electrons. The Morgan fingerprint density at radius 3 is 2.95 bits per heavy atom. The number of ether oxygens (including phenoxy) is 1. The smallest absolute Gasteiger partial charge is 0.0826 e. The first-order valence-corrected chi connectivity index (χ1v) is 7.31. The molecule has 1 aliphatic heterocycles. The Hall–Kier alpha value is -0.320. The predicted molar refractivity (Wildman–Crippen MR) is 80.1 cm³/mol. The summed E-state index contributed by atoms with van der Waals surface area (Å²) in [5, 5.41) is 4.59. The van der Waals surface area contributed by atoms with E-state index in [9.17, 15) is 0 Å². The van der Waals surface area contributed by atoms with Crippen molar-refractivity contribution in [3.63, 3.8) is 0 Å². The van der Waals surface area contributed by atoms with E-state index >= 15 is 0 Å². The normalized spacial score (nSPS) is 21.6. The number of nitrogens with one attached hydrogen (secondary N) is 1. The van der Waals surface area contributed by atoms with E-state index in [-0.39, 0.29) is 12.1 Å². The Labute approximate surface area is 124 Å². The van der Waals surface area contributed by atoms with Gasteiger partial charge in [0.2, 0.25) is 0 Å². The number of benzene rings is 1. The van der Waals surface area contributed by atoms with Crippen LogP contribution < -0.4 is 5.32 Å². The summed E-state index contributed by atoms with van der Waals surface area (Å²) in [7, 11) is 2.08. The van der Waals surface area contributed by atoms with E-state index in [4.69, 9.17) is 27.9 Å². The van der Waals surface area contributed by atoms with Gasteiger partial charge in [-0.2, -0.15) is 0 Å². The molecule has 0 aromatic heterocycles. The Morgan fingerprint density at radius 2 is 2.26 bits per heavy atom. The average molecular weight is 303 g/mol. The maximum Gasteiger partial charge on any atom is 0.0826 e. The van der Waals surface area contributed by atoms with Gasteiger partial charge in [0.05, 0.1) is 22.8 Å². The maximum atomic E-state index is 6.27. The number of likely N-dealkylation sites (N-methyl/N-ethyl adjacent to an activating group) is 1. The first-order chi connectivity index (χ1) is 9.09. The summed E-state index contributed by atoms with van der Waals surface area (Å²) in [5.74, 6) is 0. The lowest BCUT2D eigenvalue weighted by molar-refractivity contribution is 0.00394. The summed E-state index contributed by atoms with van der Waals surface area (Å²) in [6, 6.07) is 5.98. The van der Waals surface area contributed by atoms with Gasteiger partial charge in [0, 0.05) is 25.7 Å². The monoisotopic (exact) mass is 302 g/mol. The van der Waals surface area contributed by atoms with Crippen LogP contribution in [-0.2, 0) is 4.74 Å². The van der Waals surface area contributed by atoms with Crippen LogP contribution in [0.4, 0.5) is 0 Å². The van der Waals surface area contributed by atoms with Crippen LogP contribution in [-0.4, -0.2) is 44.3 Å². The molecule has 2 unspecified atom stereocenters. The van der Waals surface area contributed by atoms with Gasteiger partial charge in [0.15, 0.2) is 0 Å². The molecule has 5 heteroatoms. The molecule has 0 amide bonds. The topological polar surface area (TPSA) is 24.5 Å². The number of halogens is 2. The minimum absolute atomic E-state index is 0.205. The molecule has 1 N–H and O–H groups in total. The van der Waals surface area contributed by atoms with Gasteiger partial charge in [-0.15, -0.1) is 0 Å². The second-order valence-electron chi connectivity index (χ2n) is 4.96. The third kappa shape index (κ3) is 3.83. The van der Waals surface area contributed by atoms with Gasteiger partial charge in [0.25, 0.3) is 0 Å². The van der Waals surface area contributed by atoms with Crippen molar-refractivity contribution in [1.29, 1.82) is 0 Å². The zero-order chi connectivity index (χ0) is 13.8. The molecule has 1 aromatic carbocycles. The Kier molecular flexibility index (Phi) is 5.48. The van der Waals surface area contributed by atoms with Gasteiger partial charge in [-0.25, -0.2) is 0 Å². The van der Waals surface area contributed by atoms with Crippen LogP contribution in [0.1, 0.15) is 18.5 Å². The minimum atomic E-state index is 0.205. The number of morpholine rings is 1. The van der Waals surface area contributed by atoms with Gasteiger partial charge in [0.1, 0.15) is 0 Å². The third-order valence-electron chi connectivity index (χ3n) is 3.59. The first-order valence-electron chi connectivity index (χ1n) is 6.56. The van der Waals surface area contributed by atoms with Crippen LogP contribution in [0.2, 0.25) is 10.0 Å². The molecule has 0 bridgehead atoms. The van der Waals surface area contributed by atoms with Crippen molar-refractivity contribution >= 4 is 23.2 Å². The largest absolute Gasteiger partial charge is 0.374 e. The van der Waals surface area contributed by atoms with Gasteiger partial charge in [-0.05, 0) is 25.6 Å². The molecule has 1 saturated heterocycles. The van der Waals surface area contributed by atoms with Crippen molar-refractivity contribution in [3.05, 3.63) is 33.8 Å².